The molecule has 0 spiro atoms. The third-order valence-electron chi connectivity index (χ3n) is 7.45. The first-order chi connectivity index (χ1) is 19.7. The molecule has 2 aliphatic rings. The summed E-state index contributed by atoms with van der Waals surface area (Å²) in [6.45, 7) is 6.83. The second-order valence-corrected chi connectivity index (χ2v) is 18.7. The summed E-state index contributed by atoms with van der Waals surface area (Å²) in [7, 11) is 0. The molecule has 4 aromatic carbocycles. The molecule has 4 aromatic rings. The van der Waals surface area contributed by atoms with Gasteiger partial charge in [-0.15, -0.1) is 0 Å². The first-order valence-electron chi connectivity index (χ1n) is 14.6. The predicted molar refractivity (Wildman–Crippen MR) is 189 cm³/mol. The van der Waals surface area contributed by atoms with E-state index < -0.39 is 16.8 Å². The molecule has 0 aromatic heterocycles. The summed E-state index contributed by atoms with van der Waals surface area (Å²) < 4.78 is 5.51. The van der Waals surface area contributed by atoms with E-state index in [0.29, 0.717) is 0 Å². The van der Waals surface area contributed by atoms with Crippen LogP contribution in [0.15, 0.2) is 137 Å². The molecule has 0 radical (unpaired) electrons. The maximum Gasteiger partial charge on any atom is -0.0149 e. The third kappa shape index (κ3) is 7.96. The first kappa shape index (κ1) is 31.7. The van der Waals surface area contributed by atoms with E-state index in [9.17, 15) is 0 Å². The van der Waals surface area contributed by atoms with Gasteiger partial charge in [0.05, 0.1) is 0 Å². The molecular weight excluding hydrogens is 558 g/mol. The molecule has 0 saturated carbocycles. The van der Waals surface area contributed by atoms with Crippen molar-refractivity contribution in [2.45, 2.75) is 43.2 Å². The summed E-state index contributed by atoms with van der Waals surface area (Å²) in [5, 5.41) is 7.66. The van der Waals surface area contributed by atoms with Crippen molar-refractivity contribution in [3.63, 3.8) is 0 Å². The molecule has 2 aliphatic carbocycles. The Morgan fingerprint density at radius 1 is 0.690 bits per heavy atom. The van der Waals surface area contributed by atoms with E-state index in [2.05, 4.69) is 138 Å². The maximum atomic E-state index is 3.96. The molecule has 0 heterocycles. The number of fused-ring (bicyclic) bond motifs is 5. The summed E-state index contributed by atoms with van der Waals surface area (Å²) in [4.78, 5) is 0. The van der Waals surface area contributed by atoms with Gasteiger partial charge in [0.1, 0.15) is 0 Å². The van der Waals surface area contributed by atoms with Gasteiger partial charge in [0.15, 0.2) is 0 Å². The van der Waals surface area contributed by atoms with Gasteiger partial charge in [-0.05, 0) is 22.1 Å². The van der Waals surface area contributed by atoms with Crippen molar-refractivity contribution in [3.05, 3.63) is 159 Å². The Morgan fingerprint density at radius 2 is 1.26 bits per heavy atom. The monoisotopic (exact) mass is 603 g/mol. The summed E-state index contributed by atoms with van der Waals surface area (Å²) in [6, 6.07) is 33.9. The normalized spacial score (nSPS) is 14.4. The third-order valence-corrected chi connectivity index (χ3v) is 12.3. The summed E-state index contributed by atoms with van der Waals surface area (Å²) in [5.41, 5.74) is 8.37. The Labute approximate surface area is 261 Å². The van der Waals surface area contributed by atoms with Crippen LogP contribution in [0.5, 0.6) is 0 Å². The standard InChI is InChI=1S/C17H11.C16H14.C4H10N.2CH3.H4Si.Ti/c1-2-6-15-12(4-1)8-10-14-11-9-13-5-3-7-16(13)17(14)15;1-3-9-15(10-4-1)13-7-8-14-16-11-5-2-6-12-16;1-4(2,3)5;;;;/h1-2,4-10H,11H2;1-14H;5H,1-3H3;2*1H3;1H4;/q;;-1;;;;+1. The molecule has 0 saturated heterocycles. The summed E-state index contributed by atoms with van der Waals surface area (Å²) in [5.74, 6) is 0. The minimum atomic E-state index is -2.26. The number of hydrogen-bond acceptors (Lipinski definition) is 1. The van der Waals surface area contributed by atoms with Gasteiger partial charge in [0, 0.05) is 0 Å². The van der Waals surface area contributed by atoms with E-state index in [1.807, 2.05) is 36.4 Å². The van der Waals surface area contributed by atoms with E-state index in [4.69, 9.17) is 0 Å². The number of hydrogen-bond donors (Lipinski definition) is 1. The van der Waals surface area contributed by atoms with Crippen LogP contribution in [0, 0.1) is 0 Å². The van der Waals surface area contributed by atoms with E-state index in [0.717, 1.165) is 6.42 Å². The quantitative estimate of drug-likeness (QED) is 0.177. The van der Waals surface area contributed by atoms with Crippen LogP contribution >= 0.6 is 0 Å². The number of allylic oxidation sites excluding steroid dienone is 8. The van der Waals surface area contributed by atoms with Crippen LogP contribution in [0.25, 0.3) is 28.5 Å². The molecule has 6 rings (SSSR count). The molecule has 3 heteroatoms. The molecule has 0 aliphatic heterocycles. The van der Waals surface area contributed by atoms with Crippen molar-refractivity contribution >= 4 is 39.5 Å². The molecular formula is C39H45NSiTi. The zero-order valence-electron chi connectivity index (χ0n) is 25.0. The van der Waals surface area contributed by atoms with Crippen LogP contribution in [0.2, 0.25) is 10.5 Å². The second kappa shape index (κ2) is 13.8. The molecule has 1 nitrogen and oxygen atoms in total. The van der Waals surface area contributed by atoms with Crippen LogP contribution in [0.1, 0.15) is 43.0 Å². The van der Waals surface area contributed by atoms with Gasteiger partial charge in [-0.25, -0.2) is 0 Å². The van der Waals surface area contributed by atoms with Gasteiger partial charge in [-0.2, -0.15) is 0 Å². The number of rotatable bonds is 5. The average molecular weight is 604 g/mol. The van der Waals surface area contributed by atoms with E-state index in [1.165, 1.54) is 44.2 Å². The molecule has 0 amide bonds. The van der Waals surface area contributed by atoms with Crippen molar-refractivity contribution in [2.75, 3.05) is 0 Å². The van der Waals surface area contributed by atoms with Gasteiger partial charge < -0.3 is 0 Å². The molecule has 0 bridgehead atoms. The predicted octanol–water partition coefficient (Wildman–Crippen LogP) is 9.12. The second-order valence-electron chi connectivity index (χ2n) is 12.4. The van der Waals surface area contributed by atoms with E-state index in [-0.39, 0.29) is 16.5 Å². The van der Waals surface area contributed by atoms with Crippen molar-refractivity contribution in [1.82, 2.24) is 3.80 Å². The molecule has 0 unspecified atom stereocenters. The average Bonchev–Trinajstić information content (AvgIpc) is 3.41. The van der Waals surface area contributed by atoms with Crippen molar-refractivity contribution in [2.24, 2.45) is 0 Å². The SMILES string of the molecule is C(C=Cc1ccccc1)=Cc1ccccc1.CC(C)(C)[NH][Ti]([CH3])([CH3])[C]1=CC2=CCc3ccc4ccccc4c3C2=C1.[SiH4]. The zero-order valence-corrected chi connectivity index (χ0v) is 26.5. The number of benzene rings is 4. The Hall–Kier alpha value is -3.27. The Kier molecular flexibility index (Phi) is 10.4. The van der Waals surface area contributed by atoms with Crippen molar-refractivity contribution < 1.29 is 16.8 Å². The van der Waals surface area contributed by atoms with Gasteiger partial charge in [0.25, 0.3) is 0 Å². The van der Waals surface area contributed by atoms with Crippen molar-refractivity contribution in [3.8, 4) is 0 Å². The molecule has 1 N–H and O–H groups in total. The fourth-order valence-corrected chi connectivity index (χ4v) is 10.5. The molecule has 0 atom stereocenters. The van der Waals surface area contributed by atoms with Crippen LogP contribution < -0.4 is 3.80 Å². The van der Waals surface area contributed by atoms with Crippen LogP contribution in [0.4, 0.5) is 0 Å². The number of nitrogens with one attached hydrogen (secondary N) is 1. The van der Waals surface area contributed by atoms with Crippen molar-refractivity contribution in [1.29, 1.82) is 0 Å². The molecule has 214 valence electrons. The summed E-state index contributed by atoms with van der Waals surface area (Å²) in [6.07, 6.45) is 16.7. The smallest absolute Gasteiger partial charge is 0.0149 e. The maximum absolute atomic E-state index is 3.96. The van der Waals surface area contributed by atoms with E-state index >= 15 is 0 Å². The van der Waals surface area contributed by atoms with E-state index in [1.54, 1.807) is 3.88 Å². The minimum absolute atomic E-state index is 0. The summed E-state index contributed by atoms with van der Waals surface area (Å²) >= 11 is -2.26. The fourth-order valence-electron chi connectivity index (χ4n) is 5.77. The largest absolute Gasteiger partial charge is 0.0149 e. The van der Waals surface area contributed by atoms with Crippen LogP contribution in [-0.2, 0) is 23.3 Å². The van der Waals surface area contributed by atoms with Crippen LogP contribution in [0.3, 0.4) is 0 Å². The Morgan fingerprint density at radius 3 is 1.86 bits per heavy atom. The molecule has 42 heavy (non-hydrogen) atoms. The molecule has 0 fully saturated rings. The first-order valence-corrected chi connectivity index (χ1v) is 19.3. The topological polar surface area (TPSA) is 12.0 Å². The Bertz CT molecular complexity index is 1620. The van der Waals surface area contributed by atoms with Gasteiger partial charge >= 0.3 is 155 Å². The minimum Gasteiger partial charge on any atom is -0.0149 e. The fraction of sp³-hybridized carbons (Fsp3) is 0.179. The van der Waals surface area contributed by atoms with Gasteiger partial charge in [-0.1, -0.05) is 85.0 Å². The zero-order chi connectivity index (χ0) is 28.9. The Balaban J connectivity index is 0.000000207. The van der Waals surface area contributed by atoms with Gasteiger partial charge in [0.2, 0.25) is 0 Å². The van der Waals surface area contributed by atoms with Gasteiger partial charge in [-0.3, -0.25) is 0 Å². The van der Waals surface area contributed by atoms with Crippen LogP contribution in [-0.4, -0.2) is 16.5 Å².